The number of halogens is 1. The summed E-state index contributed by atoms with van der Waals surface area (Å²) in [6.45, 7) is 8.35. The maximum absolute atomic E-state index is 14.0. The predicted octanol–water partition coefficient (Wildman–Crippen LogP) is 5.26. The molecule has 2 heterocycles. The summed E-state index contributed by atoms with van der Waals surface area (Å²) in [6.07, 6.45) is 6.81. The number of fused-ring (bicyclic) bond motifs is 6. The molecule has 3 unspecified atom stereocenters. The van der Waals surface area contributed by atoms with Crippen LogP contribution in [0.5, 0.6) is 0 Å². The molecule has 3 saturated carbocycles. The summed E-state index contributed by atoms with van der Waals surface area (Å²) in [7, 11) is 1.38. The third-order valence-corrected chi connectivity index (χ3v) is 10.7. The Morgan fingerprint density at radius 3 is 2.59 bits per heavy atom. The van der Waals surface area contributed by atoms with Crippen LogP contribution in [0.15, 0.2) is 34.7 Å². The average molecular weight is 489 g/mol. The Hall–Kier alpha value is -2.08. The van der Waals surface area contributed by atoms with Crippen molar-refractivity contribution in [1.29, 1.82) is 0 Å². The lowest BCUT2D eigenvalue weighted by molar-refractivity contribution is -0.178. The molecule has 0 saturated heterocycles. The van der Waals surface area contributed by atoms with E-state index >= 15 is 0 Å². The number of hydrogen-bond donors (Lipinski definition) is 0. The average Bonchev–Trinajstić information content (AvgIpc) is 3.32. The van der Waals surface area contributed by atoms with Crippen molar-refractivity contribution >= 4 is 29.3 Å². The molecule has 0 amide bonds. The van der Waals surface area contributed by atoms with Crippen molar-refractivity contribution in [2.75, 3.05) is 7.11 Å². The van der Waals surface area contributed by atoms with Crippen LogP contribution >= 0.6 is 11.6 Å². The second kappa shape index (κ2) is 7.71. The highest BCUT2D eigenvalue weighted by Gasteiger charge is 2.69. The van der Waals surface area contributed by atoms with Gasteiger partial charge in [-0.25, -0.2) is 4.79 Å². The smallest absolute Gasteiger partial charge is 0.331 e. The zero-order chi connectivity index (χ0) is 24.6. The molecule has 1 aromatic heterocycles. The number of carbonyl (C=O) groups is 3. The van der Waals surface area contributed by atoms with Gasteiger partial charge in [-0.2, -0.15) is 0 Å². The molecule has 3 aliphatic carbocycles. The van der Waals surface area contributed by atoms with Gasteiger partial charge in [0.15, 0.2) is 0 Å². The molecule has 6 nitrogen and oxygen atoms in total. The van der Waals surface area contributed by atoms with Crippen LogP contribution in [0.2, 0.25) is 0 Å². The summed E-state index contributed by atoms with van der Waals surface area (Å²) >= 11 is 7.04. The number of ether oxygens (including phenoxy) is 2. The highest BCUT2D eigenvalue weighted by molar-refractivity contribution is 6.23. The van der Waals surface area contributed by atoms with Crippen LogP contribution < -0.4 is 0 Å². The fraction of sp³-hybridized carbons (Fsp3) is 0.667. The van der Waals surface area contributed by atoms with Crippen molar-refractivity contribution in [3.63, 3.8) is 0 Å². The Bertz CT molecular complexity index is 1060. The van der Waals surface area contributed by atoms with Crippen molar-refractivity contribution in [3.8, 4) is 0 Å². The number of carbonyl (C=O) groups excluding carboxylic acids is 3. The molecule has 0 aromatic carbocycles. The van der Waals surface area contributed by atoms with E-state index in [1.54, 1.807) is 18.6 Å². The number of ketones is 1. The molecule has 184 valence electrons. The van der Waals surface area contributed by atoms with Gasteiger partial charge in [0.05, 0.1) is 19.6 Å². The van der Waals surface area contributed by atoms with E-state index in [1.165, 1.54) is 7.11 Å². The van der Waals surface area contributed by atoms with E-state index in [0.717, 1.165) is 24.0 Å². The molecule has 0 radical (unpaired) electrons. The molecule has 4 aliphatic rings. The summed E-state index contributed by atoms with van der Waals surface area (Å²) in [5.74, 6) is -1.06. The van der Waals surface area contributed by atoms with Gasteiger partial charge in [0, 0.05) is 40.2 Å². The molecule has 1 aliphatic heterocycles. The molecule has 2 bridgehead atoms. The van der Waals surface area contributed by atoms with Gasteiger partial charge in [-0.3, -0.25) is 9.59 Å². The summed E-state index contributed by atoms with van der Waals surface area (Å²) < 4.78 is 16.2. The minimum absolute atomic E-state index is 0.0181. The van der Waals surface area contributed by atoms with Gasteiger partial charge in [0.2, 0.25) is 0 Å². The number of rotatable bonds is 3. The minimum Gasteiger partial charge on any atom is -0.472 e. The normalized spacial score (nSPS) is 42.7. The number of hydrogen-bond acceptors (Lipinski definition) is 6. The van der Waals surface area contributed by atoms with E-state index in [9.17, 15) is 14.4 Å². The molecular weight excluding hydrogens is 456 g/mol. The quantitative estimate of drug-likeness (QED) is 0.426. The summed E-state index contributed by atoms with van der Waals surface area (Å²) in [5.41, 5.74) is 0.354. The number of esters is 2. The fourth-order valence-electron chi connectivity index (χ4n) is 8.13. The Morgan fingerprint density at radius 2 is 1.94 bits per heavy atom. The lowest BCUT2D eigenvalue weighted by Gasteiger charge is -2.65. The van der Waals surface area contributed by atoms with Crippen LogP contribution in [0.1, 0.15) is 65.0 Å². The monoisotopic (exact) mass is 488 g/mol. The zero-order valence-corrected chi connectivity index (χ0v) is 21.2. The SMILES string of the molecule is COC(=O)C[C@H]1C(C)(C)C(Cl)[C@H]2CC3C4=CC(=O)O[C@@H](c5ccoc5)[C@]4(C)CCC3[C@@]1(C)C2=O. The van der Waals surface area contributed by atoms with Crippen molar-refractivity contribution in [2.24, 2.45) is 39.9 Å². The van der Waals surface area contributed by atoms with Crippen LogP contribution in [0.4, 0.5) is 0 Å². The van der Waals surface area contributed by atoms with E-state index in [4.69, 9.17) is 25.5 Å². The van der Waals surface area contributed by atoms with Crippen molar-refractivity contribution in [3.05, 3.63) is 35.8 Å². The van der Waals surface area contributed by atoms with Crippen LogP contribution in [0.25, 0.3) is 0 Å². The lowest BCUT2D eigenvalue weighted by atomic mass is 9.39. The van der Waals surface area contributed by atoms with Crippen LogP contribution in [0.3, 0.4) is 0 Å². The van der Waals surface area contributed by atoms with Gasteiger partial charge in [-0.1, -0.05) is 27.7 Å². The van der Waals surface area contributed by atoms with E-state index < -0.39 is 22.3 Å². The maximum atomic E-state index is 14.0. The van der Waals surface area contributed by atoms with Gasteiger partial charge in [0.25, 0.3) is 0 Å². The maximum Gasteiger partial charge on any atom is 0.331 e. The molecule has 1 aromatic rings. The van der Waals surface area contributed by atoms with Crippen molar-refractivity contribution < 1.29 is 28.3 Å². The second-order valence-electron chi connectivity index (χ2n) is 11.7. The fourth-order valence-corrected chi connectivity index (χ4v) is 8.50. The molecule has 3 fully saturated rings. The molecule has 0 spiro atoms. The second-order valence-corrected chi connectivity index (χ2v) is 12.2. The van der Waals surface area contributed by atoms with E-state index in [-0.39, 0.29) is 53.2 Å². The van der Waals surface area contributed by atoms with E-state index in [1.807, 2.05) is 13.0 Å². The van der Waals surface area contributed by atoms with Gasteiger partial charge in [-0.15, -0.1) is 11.6 Å². The molecule has 5 rings (SSSR count). The van der Waals surface area contributed by atoms with Crippen LogP contribution in [-0.2, 0) is 23.9 Å². The first kappa shape index (κ1) is 23.7. The van der Waals surface area contributed by atoms with E-state index in [2.05, 4.69) is 20.8 Å². The van der Waals surface area contributed by atoms with Gasteiger partial charge >= 0.3 is 11.9 Å². The first-order valence-corrected chi connectivity index (χ1v) is 12.6. The minimum atomic E-state index is -0.731. The molecule has 34 heavy (non-hydrogen) atoms. The van der Waals surface area contributed by atoms with Crippen molar-refractivity contribution in [1.82, 2.24) is 0 Å². The largest absolute Gasteiger partial charge is 0.472 e. The Morgan fingerprint density at radius 1 is 1.21 bits per heavy atom. The Kier molecular flexibility index (Phi) is 5.36. The van der Waals surface area contributed by atoms with Gasteiger partial charge in [0.1, 0.15) is 11.9 Å². The van der Waals surface area contributed by atoms with Gasteiger partial charge in [-0.05, 0) is 54.1 Å². The zero-order valence-electron chi connectivity index (χ0n) is 20.4. The standard InChI is InChI=1S/C27H33ClO6/c1-25(2)19(12-20(29)32-5)27(4)17-6-8-26(3)18(15(17)10-16(22(25)28)23(27)31)11-21(30)34-24(26)14-7-9-33-13-14/h7,9,11,13,15-17,19,22,24H,6,8,10,12H2,1-5H3/t15?,16-,17?,19+,22?,24+,26-,27-/m1/s1. The highest BCUT2D eigenvalue weighted by Crippen LogP contribution is 2.69. The Balaban J connectivity index is 1.61. The van der Waals surface area contributed by atoms with Gasteiger partial charge < -0.3 is 13.9 Å². The summed E-state index contributed by atoms with van der Waals surface area (Å²) in [4.78, 5) is 39.2. The summed E-state index contributed by atoms with van der Waals surface area (Å²) in [6, 6.07) is 1.85. The summed E-state index contributed by atoms with van der Waals surface area (Å²) in [5, 5.41) is -0.405. The highest BCUT2D eigenvalue weighted by atomic mass is 35.5. The predicted molar refractivity (Wildman–Crippen MR) is 125 cm³/mol. The molecule has 0 N–H and O–H groups in total. The van der Waals surface area contributed by atoms with Crippen LogP contribution in [-0.4, -0.2) is 30.2 Å². The topological polar surface area (TPSA) is 82.8 Å². The van der Waals surface area contributed by atoms with Crippen molar-refractivity contribution in [2.45, 2.75) is 64.9 Å². The number of cyclic esters (lactones) is 1. The van der Waals surface area contributed by atoms with Crippen LogP contribution in [0, 0.1) is 39.9 Å². The molecule has 7 heteroatoms. The number of Topliss-reactive ketones (excluding diaryl/α,β-unsaturated/α-hetero) is 1. The lowest BCUT2D eigenvalue weighted by Crippen LogP contribution is -2.66. The molecular formula is C27H33ClO6. The van der Waals surface area contributed by atoms with E-state index in [0.29, 0.717) is 6.42 Å². The molecule has 8 atom stereocenters. The first-order chi connectivity index (χ1) is 16.0. The number of alkyl halides is 1. The number of methoxy groups -OCH3 is 1. The number of furan rings is 1. The Labute approximate surface area is 205 Å². The third kappa shape index (κ3) is 3.03. The first-order valence-electron chi connectivity index (χ1n) is 12.2. The third-order valence-electron chi connectivity index (χ3n) is 9.88.